The van der Waals surface area contributed by atoms with Crippen LogP contribution in [0.15, 0.2) is 12.7 Å². The van der Waals surface area contributed by atoms with Crippen LogP contribution in [0, 0.1) is 11.8 Å². The van der Waals surface area contributed by atoms with Gasteiger partial charge in [-0.2, -0.15) is 0 Å². The van der Waals surface area contributed by atoms with Crippen LogP contribution in [0.4, 0.5) is 5.82 Å². The predicted molar refractivity (Wildman–Crippen MR) is 80.2 cm³/mol. The molecule has 3 N–H and O–H groups in total. The van der Waals surface area contributed by atoms with Crippen LogP contribution in [0.1, 0.15) is 20.3 Å². The molecule has 2 aliphatic carbocycles. The zero-order chi connectivity index (χ0) is 16.0. The van der Waals surface area contributed by atoms with Gasteiger partial charge in [0.05, 0.1) is 18.0 Å². The van der Waals surface area contributed by atoms with Crippen LogP contribution in [0.5, 0.6) is 0 Å². The SMILES string of the molecule is CC1(C)O[C@H]2[C@H](CO)[C@H]3C[C@@]3(n3cnc4c(N)ncnc43)[C@H]2O1. The summed E-state index contributed by atoms with van der Waals surface area (Å²) in [5, 5.41) is 9.84. The fraction of sp³-hybridized carbons (Fsp3) is 0.667. The summed E-state index contributed by atoms with van der Waals surface area (Å²) in [6.45, 7) is 3.92. The van der Waals surface area contributed by atoms with Gasteiger partial charge in [0, 0.05) is 12.5 Å². The molecule has 8 heteroatoms. The average molecular weight is 317 g/mol. The topological polar surface area (TPSA) is 108 Å². The van der Waals surface area contributed by atoms with Crippen LogP contribution in [0.2, 0.25) is 0 Å². The molecule has 3 fully saturated rings. The van der Waals surface area contributed by atoms with Crippen molar-refractivity contribution in [1.29, 1.82) is 0 Å². The maximum atomic E-state index is 9.84. The second-order valence-corrected chi connectivity index (χ2v) is 7.21. The summed E-state index contributed by atoms with van der Waals surface area (Å²) in [5.41, 5.74) is 6.96. The smallest absolute Gasteiger partial charge is 0.166 e. The molecule has 5 rings (SSSR count). The molecule has 122 valence electrons. The van der Waals surface area contributed by atoms with Crippen molar-refractivity contribution in [3.63, 3.8) is 0 Å². The van der Waals surface area contributed by atoms with E-state index >= 15 is 0 Å². The first-order chi connectivity index (χ1) is 11.0. The molecule has 2 aromatic rings. The van der Waals surface area contributed by atoms with Crippen LogP contribution < -0.4 is 5.73 Å². The first kappa shape index (κ1) is 13.6. The summed E-state index contributed by atoms with van der Waals surface area (Å²) < 4.78 is 14.3. The van der Waals surface area contributed by atoms with Crippen LogP contribution in [-0.4, -0.2) is 49.2 Å². The molecule has 3 aliphatic rings. The minimum atomic E-state index is -0.645. The molecular weight excluding hydrogens is 298 g/mol. The van der Waals surface area contributed by atoms with Gasteiger partial charge in [-0.05, 0) is 26.2 Å². The lowest BCUT2D eigenvalue weighted by molar-refractivity contribution is -0.162. The summed E-state index contributed by atoms with van der Waals surface area (Å²) in [7, 11) is 0. The highest BCUT2D eigenvalue weighted by molar-refractivity contribution is 5.81. The molecule has 0 unspecified atom stereocenters. The Bertz CT molecular complexity index is 806. The predicted octanol–water partition coefficient (Wildman–Crippen LogP) is 0.266. The van der Waals surface area contributed by atoms with Crippen molar-refractivity contribution in [2.45, 2.75) is 43.8 Å². The lowest BCUT2D eigenvalue weighted by atomic mass is 10.0. The zero-order valence-electron chi connectivity index (χ0n) is 13.0. The lowest BCUT2D eigenvalue weighted by Gasteiger charge is -2.25. The highest BCUT2D eigenvalue weighted by atomic mass is 16.8. The fourth-order valence-electron chi connectivity index (χ4n) is 4.66. The standard InChI is InChI=1S/C15H19N5O3/c1-14(2)22-10-7(4-21)8-3-15(8,11(10)23-14)20-6-19-9-12(16)17-5-18-13(9)20/h5-8,10-11,21H,3-4H2,1-2H3,(H2,16,17,18)/t7-,8-,10+,11+,15+/m1/s1. The van der Waals surface area contributed by atoms with Crippen molar-refractivity contribution in [1.82, 2.24) is 19.5 Å². The highest BCUT2D eigenvalue weighted by Crippen LogP contribution is 2.68. The Labute approximate surface area is 132 Å². The van der Waals surface area contributed by atoms with E-state index in [4.69, 9.17) is 15.2 Å². The van der Waals surface area contributed by atoms with E-state index in [0.717, 1.165) is 6.42 Å². The number of ether oxygens (including phenoxy) is 2. The first-order valence-electron chi connectivity index (χ1n) is 7.88. The van der Waals surface area contributed by atoms with Crippen molar-refractivity contribution in [3.05, 3.63) is 12.7 Å². The normalized spacial score (nSPS) is 40.3. The molecule has 0 bridgehead atoms. The van der Waals surface area contributed by atoms with Crippen LogP contribution in [-0.2, 0) is 15.0 Å². The highest BCUT2D eigenvalue weighted by Gasteiger charge is 2.76. The van der Waals surface area contributed by atoms with Gasteiger partial charge in [0.1, 0.15) is 17.9 Å². The molecule has 2 aromatic heterocycles. The number of aliphatic hydroxyl groups is 1. The van der Waals surface area contributed by atoms with Crippen molar-refractivity contribution < 1.29 is 14.6 Å². The molecule has 0 spiro atoms. The molecular formula is C15H19N5O3. The Kier molecular flexibility index (Phi) is 2.38. The number of imidazole rings is 1. The van der Waals surface area contributed by atoms with E-state index in [9.17, 15) is 5.11 Å². The largest absolute Gasteiger partial charge is 0.396 e. The quantitative estimate of drug-likeness (QED) is 0.818. The number of fused-ring (bicyclic) bond motifs is 4. The Morgan fingerprint density at radius 3 is 2.96 bits per heavy atom. The number of anilines is 1. The number of nitrogens with two attached hydrogens (primary N) is 1. The van der Waals surface area contributed by atoms with Gasteiger partial charge in [-0.3, -0.25) is 0 Å². The van der Waals surface area contributed by atoms with Gasteiger partial charge in [0.2, 0.25) is 0 Å². The van der Waals surface area contributed by atoms with Crippen molar-refractivity contribution in [3.8, 4) is 0 Å². The maximum absolute atomic E-state index is 9.84. The second-order valence-electron chi connectivity index (χ2n) is 7.21. The van der Waals surface area contributed by atoms with Crippen molar-refractivity contribution >= 4 is 17.0 Å². The number of hydrogen-bond acceptors (Lipinski definition) is 7. The number of aromatic nitrogens is 4. The molecule has 0 aromatic carbocycles. The molecule has 0 radical (unpaired) electrons. The van der Waals surface area contributed by atoms with E-state index < -0.39 is 5.79 Å². The summed E-state index contributed by atoms with van der Waals surface area (Å²) >= 11 is 0. The molecule has 0 amide bonds. The summed E-state index contributed by atoms with van der Waals surface area (Å²) in [4.78, 5) is 12.8. The molecule has 1 aliphatic heterocycles. The van der Waals surface area contributed by atoms with E-state index in [0.29, 0.717) is 22.9 Å². The fourth-order valence-corrected chi connectivity index (χ4v) is 4.66. The minimum Gasteiger partial charge on any atom is -0.396 e. The molecule has 2 saturated carbocycles. The molecule has 5 atom stereocenters. The van der Waals surface area contributed by atoms with Gasteiger partial charge < -0.3 is 24.9 Å². The monoisotopic (exact) mass is 317 g/mol. The maximum Gasteiger partial charge on any atom is 0.166 e. The van der Waals surface area contributed by atoms with Crippen LogP contribution in [0.25, 0.3) is 11.2 Å². The summed E-state index contributed by atoms with van der Waals surface area (Å²) in [6.07, 6.45) is 3.92. The summed E-state index contributed by atoms with van der Waals surface area (Å²) in [5.74, 6) is 0.0957. The van der Waals surface area contributed by atoms with Gasteiger partial charge in [-0.1, -0.05) is 0 Å². The third-order valence-corrected chi connectivity index (χ3v) is 5.61. The molecule has 23 heavy (non-hydrogen) atoms. The van der Waals surface area contributed by atoms with E-state index in [1.807, 2.05) is 13.8 Å². The van der Waals surface area contributed by atoms with Crippen molar-refractivity contribution in [2.24, 2.45) is 11.8 Å². The van der Waals surface area contributed by atoms with E-state index in [2.05, 4.69) is 19.5 Å². The third kappa shape index (κ3) is 1.53. The van der Waals surface area contributed by atoms with Gasteiger partial charge in [0.25, 0.3) is 0 Å². The van der Waals surface area contributed by atoms with Crippen LogP contribution >= 0.6 is 0 Å². The second kappa shape index (κ2) is 4.00. The lowest BCUT2D eigenvalue weighted by Crippen LogP contribution is -2.37. The molecule has 3 heterocycles. The Balaban J connectivity index is 1.66. The Hall–Kier alpha value is -1.77. The Morgan fingerprint density at radius 1 is 1.35 bits per heavy atom. The van der Waals surface area contributed by atoms with Gasteiger partial charge in [0.15, 0.2) is 17.3 Å². The zero-order valence-corrected chi connectivity index (χ0v) is 13.0. The number of rotatable bonds is 2. The van der Waals surface area contributed by atoms with Crippen molar-refractivity contribution in [2.75, 3.05) is 12.3 Å². The van der Waals surface area contributed by atoms with Gasteiger partial charge in [-0.15, -0.1) is 0 Å². The van der Waals surface area contributed by atoms with E-state index in [1.54, 1.807) is 6.33 Å². The summed E-state index contributed by atoms with van der Waals surface area (Å²) in [6, 6.07) is 0. The van der Waals surface area contributed by atoms with Crippen LogP contribution in [0.3, 0.4) is 0 Å². The number of aliphatic hydroxyl groups excluding tert-OH is 1. The average Bonchev–Trinajstić information content (AvgIpc) is 2.82. The first-order valence-corrected chi connectivity index (χ1v) is 7.88. The minimum absolute atomic E-state index is 0.0680. The number of hydrogen-bond donors (Lipinski definition) is 2. The third-order valence-electron chi connectivity index (χ3n) is 5.61. The van der Waals surface area contributed by atoms with E-state index in [1.165, 1.54) is 6.33 Å². The van der Waals surface area contributed by atoms with Gasteiger partial charge in [-0.25, -0.2) is 15.0 Å². The number of nitrogens with zero attached hydrogens (tertiary/aromatic N) is 4. The number of nitrogen functional groups attached to an aromatic ring is 1. The molecule has 1 saturated heterocycles. The Morgan fingerprint density at radius 2 is 2.17 bits per heavy atom. The van der Waals surface area contributed by atoms with E-state index in [-0.39, 0.29) is 30.3 Å². The van der Waals surface area contributed by atoms with Gasteiger partial charge >= 0.3 is 0 Å². The molecule has 8 nitrogen and oxygen atoms in total.